The number of nitrogens with one attached hydrogen (secondary N) is 1. The van der Waals surface area contributed by atoms with Crippen LogP contribution < -0.4 is 5.32 Å². The molecule has 0 saturated heterocycles. The quantitative estimate of drug-likeness (QED) is 0.888. The van der Waals surface area contributed by atoms with Crippen LogP contribution in [0.3, 0.4) is 0 Å². The summed E-state index contributed by atoms with van der Waals surface area (Å²) in [5.74, 6) is 0.0837. The molecule has 0 aliphatic heterocycles. The number of fused-ring (bicyclic) bond motifs is 1. The van der Waals surface area contributed by atoms with E-state index in [9.17, 15) is 9.90 Å². The van der Waals surface area contributed by atoms with E-state index < -0.39 is 0 Å². The van der Waals surface area contributed by atoms with Gasteiger partial charge < -0.3 is 14.8 Å². The van der Waals surface area contributed by atoms with Gasteiger partial charge in [-0.2, -0.15) is 0 Å². The molecule has 0 radical (unpaired) electrons. The van der Waals surface area contributed by atoms with Crippen molar-refractivity contribution in [1.82, 2.24) is 5.32 Å². The van der Waals surface area contributed by atoms with Crippen LogP contribution in [0.5, 0.6) is 0 Å². The highest BCUT2D eigenvalue weighted by Gasteiger charge is 2.30. The molecule has 0 spiro atoms. The Labute approximate surface area is 115 Å². The van der Waals surface area contributed by atoms with Crippen molar-refractivity contribution in [2.24, 2.45) is 0 Å². The number of hydrogen-bond donors (Lipinski definition) is 2. The molecule has 1 aromatic heterocycles. The summed E-state index contributed by atoms with van der Waals surface area (Å²) in [5.41, 5.74) is 1.44. The zero-order valence-electron chi connectivity index (χ0n) is 10.4. The molecule has 2 aromatic rings. The van der Waals surface area contributed by atoms with Gasteiger partial charge in [-0.05, 0) is 38.0 Å². The Morgan fingerprint density at radius 1 is 1.47 bits per heavy atom. The summed E-state index contributed by atoms with van der Waals surface area (Å²) >= 11 is 5.94. The number of rotatable bonds is 2. The largest absolute Gasteiger partial charge is 0.451 e. The molecule has 3 rings (SSSR count). The Hall–Kier alpha value is -1.52. The Balaban J connectivity index is 1.87. The summed E-state index contributed by atoms with van der Waals surface area (Å²) < 4.78 is 5.58. The summed E-state index contributed by atoms with van der Waals surface area (Å²) in [6, 6.07) is 5.32. The van der Waals surface area contributed by atoms with Gasteiger partial charge in [0.05, 0.1) is 6.10 Å². The highest BCUT2D eigenvalue weighted by Crippen LogP contribution is 2.28. The second-order valence-corrected chi connectivity index (χ2v) is 5.43. The Kier molecular flexibility index (Phi) is 2.99. The molecule has 1 aliphatic carbocycles. The first-order valence-electron chi connectivity index (χ1n) is 6.22. The molecule has 1 heterocycles. The van der Waals surface area contributed by atoms with Gasteiger partial charge in [-0.15, -0.1) is 0 Å². The summed E-state index contributed by atoms with van der Waals surface area (Å²) in [4.78, 5) is 12.1. The molecule has 100 valence electrons. The number of benzene rings is 1. The molecule has 1 amide bonds. The van der Waals surface area contributed by atoms with Crippen molar-refractivity contribution in [2.75, 3.05) is 0 Å². The first-order chi connectivity index (χ1) is 9.04. The van der Waals surface area contributed by atoms with Gasteiger partial charge in [0.15, 0.2) is 5.76 Å². The molecule has 5 heteroatoms. The smallest absolute Gasteiger partial charge is 0.287 e. The highest BCUT2D eigenvalue weighted by atomic mass is 35.5. The highest BCUT2D eigenvalue weighted by molar-refractivity contribution is 6.31. The molecule has 1 aromatic carbocycles. The molecule has 1 aliphatic rings. The first kappa shape index (κ1) is 12.5. The first-order valence-corrected chi connectivity index (χ1v) is 6.60. The van der Waals surface area contributed by atoms with Crippen LogP contribution in [0.25, 0.3) is 11.0 Å². The van der Waals surface area contributed by atoms with Gasteiger partial charge in [-0.25, -0.2) is 0 Å². The lowest BCUT2D eigenvalue weighted by atomic mass is 9.89. The van der Waals surface area contributed by atoms with Gasteiger partial charge >= 0.3 is 0 Å². The maximum Gasteiger partial charge on any atom is 0.287 e. The Morgan fingerprint density at radius 2 is 2.21 bits per heavy atom. The van der Waals surface area contributed by atoms with Crippen molar-refractivity contribution < 1.29 is 14.3 Å². The fourth-order valence-electron chi connectivity index (χ4n) is 2.37. The summed E-state index contributed by atoms with van der Waals surface area (Å²) in [6.45, 7) is 1.84. The lowest BCUT2D eigenvalue weighted by Gasteiger charge is -2.31. The zero-order chi connectivity index (χ0) is 13.6. The number of hydrogen-bond acceptors (Lipinski definition) is 3. The number of aliphatic hydroxyl groups excluding tert-OH is 1. The number of carbonyl (C=O) groups is 1. The second kappa shape index (κ2) is 4.54. The normalized spacial score (nSPS) is 22.3. The van der Waals surface area contributed by atoms with Gasteiger partial charge in [-0.1, -0.05) is 11.6 Å². The van der Waals surface area contributed by atoms with Crippen LogP contribution in [0.15, 0.2) is 22.6 Å². The van der Waals surface area contributed by atoms with E-state index in [1.165, 1.54) is 0 Å². The molecular weight excluding hydrogens is 266 g/mol. The minimum atomic E-state index is -0.291. The van der Waals surface area contributed by atoms with E-state index in [-0.39, 0.29) is 18.1 Å². The maximum absolute atomic E-state index is 12.1. The molecule has 19 heavy (non-hydrogen) atoms. The van der Waals surface area contributed by atoms with Crippen molar-refractivity contribution in [1.29, 1.82) is 0 Å². The second-order valence-electron chi connectivity index (χ2n) is 4.99. The lowest BCUT2D eigenvalue weighted by Crippen LogP contribution is -2.46. The standard InChI is InChI=1S/C14H14ClNO3/c1-7-11-4-8(15)2-3-12(11)19-13(7)14(18)16-9-5-10(17)6-9/h2-4,9-10,17H,5-6H2,1H3,(H,16,18). The van der Waals surface area contributed by atoms with Crippen LogP contribution in [0, 0.1) is 6.92 Å². The third-order valence-electron chi connectivity index (χ3n) is 3.55. The van der Waals surface area contributed by atoms with Crippen molar-refractivity contribution in [3.63, 3.8) is 0 Å². The molecule has 1 saturated carbocycles. The van der Waals surface area contributed by atoms with E-state index in [1.807, 2.05) is 6.92 Å². The topological polar surface area (TPSA) is 62.5 Å². The van der Waals surface area contributed by atoms with E-state index in [0.717, 1.165) is 10.9 Å². The van der Waals surface area contributed by atoms with E-state index in [0.29, 0.717) is 29.2 Å². The number of aryl methyl sites for hydroxylation is 1. The fourth-order valence-corrected chi connectivity index (χ4v) is 2.54. The number of carbonyl (C=O) groups excluding carboxylic acids is 1. The van der Waals surface area contributed by atoms with Gasteiger partial charge in [0, 0.05) is 22.0 Å². The van der Waals surface area contributed by atoms with Crippen molar-refractivity contribution in [2.45, 2.75) is 31.9 Å². The van der Waals surface area contributed by atoms with Crippen molar-refractivity contribution in [3.8, 4) is 0 Å². The van der Waals surface area contributed by atoms with E-state index in [4.69, 9.17) is 16.0 Å². The third-order valence-corrected chi connectivity index (χ3v) is 3.79. The monoisotopic (exact) mass is 279 g/mol. The number of furan rings is 1. The van der Waals surface area contributed by atoms with Crippen LogP contribution in [0.1, 0.15) is 29.0 Å². The van der Waals surface area contributed by atoms with Crippen molar-refractivity contribution in [3.05, 3.63) is 34.5 Å². The van der Waals surface area contributed by atoms with Crippen LogP contribution in [0.2, 0.25) is 5.02 Å². The molecule has 0 bridgehead atoms. The van der Waals surface area contributed by atoms with Crippen LogP contribution >= 0.6 is 11.6 Å². The molecule has 0 atom stereocenters. The van der Waals surface area contributed by atoms with Gasteiger partial charge in [0.2, 0.25) is 0 Å². The number of aliphatic hydroxyl groups is 1. The van der Waals surface area contributed by atoms with E-state index >= 15 is 0 Å². The molecular formula is C14H14ClNO3. The minimum absolute atomic E-state index is 0.0405. The van der Waals surface area contributed by atoms with Gasteiger partial charge in [0.1, 0.15) is 5.58 Å². The number of halogens is 1. The molecule has 2 N–H and O–H groups in total. The third kappa shape index (κ3) is 2.22. The molecule has 4 nitrogen and oxygen atoms in total. The molecule has 1 fully saturated rings. The number of amides is 1. The van der Waals surface area contributed by atoms with Crippen LogP contribution in [-0.4, -0.2) is 23.2 Å². The van der Waals surface area contributed by atoms with E-state index in [1.54, 1.807) is 18.2 Å². The van der Waals surface area contributed by atoms with Gasteiger partial charge in [-0.3, -0.25) is 4.79 Å². The average molecular weight is 280 g/mol. The van der Waals surface area contributed by atoms with Crippen LogP contribution in [0.4, 0.5) is 0 Å². The van der Waals surface area contributed by atoms with Crippen molar-refractivity contribution >= 4 is 28.5 Å². The lowest BCUT2D eigenvalue weighted by molar-refractivity contribution is 0.0551. The maximum atomic E-state index is 12.1. The minimum Gasteiger partial charge on any atom is -0.451 e. The van der Waals surface area contributed by atoms with Crippen LogP contribution in [-0.2, 0) is 0 Å². The van der Waals surface area contributed by atoms with Gasteiger partial charge in [0.25, 0.3) is 5.91 Å². The Morgan fingerprint density at radius 3 is 2.89 bits per heavy atom. The zero-order valence-corrected chi connectivity index (χ0v) is 11.2. The summed E-state index contributed by atoms with van der Waals surface area (Å²) in [5, 5.41) is 13.5. The average Bonchev–Trinajstić information content (AvgIpc) is 2.65. The predicted octanol–water partition coefficient (Wildman–Crippen LogP) is 2.65. The fraction of sp³-hybridized carbons (Fsp3) is 0.357. The Bertz CT molecular complexity index is 643. The van der Waals surface area contributed by atoms with E-state index in [2.05, 4.69) is 5.32 Å². The SMILES string of the molecule is Cc1c(C(=O)NC2CC(O)C2)oc2ccc(Cl)cc12. The molecule has 0 unspecified atom stereocenters. The predicted molar refractivity (Wildman–Crippen MR) is 72.5 cm³/mol. The summed E-state index contributed by atoms with van der Waals surface area (Å²) in [7, 11) is 0. The summed E-state index contributed by atoms with van der Waals surface area (Å²) in [6.07, 6.45) is 0.925.